The van der Waals surface area contributed by atoms with Crippen LogP contribution in [0.1, 0.15) is 17.3 Å². The second-order valence-corrected chi connectivity index (χ2v) is 4.47. The fourth-order valence-electron chi connectivity index (χ4n) is 1.44. The van der Waals surface area contributed by atoms with E-state index >= 15 is 0 Å². The van der Waals surface area contributed by atoms with Crippen molar-refractivity contribution in [1.82, 2.24) is 0 Å². The number of aliphatic hydroxyl groups is 1. The van der Waals surface area contributed by atoms with Crippen molar-refractivity contribution in [3.05, 3.63) is 28.2 Å². The minimum Gasteiger partial charge on any atom is -0.392 e. The number of carbonyl (C=O) groups excluding carboxylic acids is 1. The third kappa shape index (κ3) is 3.32. The van der Waals surface area contributed by atoms with Gasteiger partial charge in [0.15, 0.2) is 6.29 Å². The van der Waals surface area contributed by atoms with Crippen LogP contribution in [0.2, 0.25) is 0 Å². The Kier molecular flexibility index (Phi) is 4.29. The van der Waals surface area contributed by atoms with Crippen LogP contribution in [0.15, 0.2) is 22.7 Å². The maximum Gasteiger partial charge on any atom is 0.152 e. The number of hydrogen-bond acceptors (Lipinski definition) is 3. The van der Waals surface area contributed by atoms with E-state index in [0.29, 0.717) is 12.1 Å². The first-order valence-corrected chi connectivity index (χ1v) is 5.48. The highest BCUT2D eigenvalue weighted by molar-refractivity contribution is 9.10. The third-order valence-electron chi connectivity index (χ3n) is 2.07. The smallest absolute Gasteiger partial charge is 0.152 e. The molecule has 1 rings (SSSR count). The van der Waals surface area contributed by atoms with E-state index in [1.54, 1.807) is 13.0 Å². The summed E-state index contributed by atoms with van der Waals surface area (Å²) in [5.74, 6) is 0. The van der Waals surface area contributed by atoms with Crippen molar-refractivity contribution >= 4 is 27.9 Å². The molecule has 0 saturated heterocycles. The number of nitrogens with zero attached hydrogens (tertiary/aromatic N) is 1. The average Bonchev–Trinajstić information content (AvgIpc) is 2.16. The summed E-state index contributed by atoms with van der Waals surface area (Å²) in [6.07, 6.45) is 0.397. The zero-order chi connectivity index (χ0) is 11.4. The van der Waals surface area contributed by atoms with E-state index in [9.17, 15) is 9.90 Å². The number of hydrogen-bond donors (Lipinski definition) is 1. The summed E-state index contributed by atoms with van der Waals surface area (Å²) in [7, 11) is 1.85. The molecule has 0 fully saturated rings. The molecule has 1 unspecified atom stereocenters. The number of halogens is 1. The fraction of sp³-hybridized carbons (Fsp3) is 0.364. The molecule has 0 aliphatic carbocycles. The van der Waals surface area contributed by atoms with Gasteiger partial charge in [-0.05, 0) is 25.1 Å². The molecular formula is C11H14BrNO2. The lowest BCUT2D eigenvalue weighted by atomic mass is 10.2. The minimum absolute atomic E-state index is 0.423. The number of anilines is 1. The Morgan fingerprint density at radius 1 is 1.60 bits per heavy atom. The van der Waals surface area contributed by atoms with Crippen molar-refractivity contribution in [3.8, 4) is 0 Å². The predicted octanol–water partition coefficient (Wildman–Crippen LogP) is 2.08. The van der Waals surface area contributed by atoms with E-state index in [2.05, 4.69) is 15.9 Å². The Labute approximate surface area is 97.8 Å². The van der Waals surface area contributed by atoms with Crippen molar-refractivity contribution in [3.63, 3.8) is 0 Å². The molecule has 1 atom stereocenters. The molecule has 0 bridgehead atoms. The molecule has 0 spiro atoms. The lowest BCUT2D eigenvalue weighted by Crippen LogP contribution is -2.27. The van der Waals surface area contributed by atoms with Crippen LogP contribution in [0.25, 0.3) is 0 Å². The molecule has 1 aromatic rings. The summed E-state index contributed by atoms with van der Waals surface area (Å²) in [5, 5.41) is 9.28. The Balaban J connectivity index is 2.99. The van der Waals surface area contributed by atoms with Gasteiger partial charge in [-0.1, -0.05) is 15.9 Å². The van der Waals surface area contributed by atoms with Crippen LogP contribution < -0.4 is 4.90 Å². The summed E-state index contributed by atoms with van der Waals surface area (Å²) >= 11 is 3.35. The highest BCUT2D eigenvalue weighted by atomic mass is 79.9. The van der Waals surface area contributed by atoms with Gasteiger partial charge in [-0.3, -0.25) is 4.79 Å². The van der Waals surface area contributed by atoms with Crippen molar-refractivity contribution in [1.29, 1.82) is 0 Å². The summed E-state index contributed by atoms with van der Waals surface area (Å²) < 4.78 is 0.917. The van der Waals surface area contributed by atoms with Gasteiger partial charge >= 0.3 is 0 Å². The first-order valence-electron chi connectivity index (χ1n) is 4.68. The lowest BCUT2D eigenvalue weighted by molar-refractivity contribution is 0.112. The molecule has 82 valence electrons. The summed E-state index contributed by atoms with van der Waals surface area (Å²) in [6, 6.07) is 5.44. The van der Waals surface area contributed by atoms with Crippen LogP contribution in [0.3, 0.4) is 0 Å². The monoisotopic (exact) mass is 271 g/mol. The third-order valence-corrected chi connectivity index (χ3v) is 2.56. The van der Waals surface area contributed by atoms with Crippen molar-refractivity contribution < 1.29 is 9.90 Å². The van der Waals surface area contributed by atoms with E-state index in [4.69, 9.17) is 0 Å². The first kappa shape index (κ1) is 12.2. The fourth-order valence-corrected chi connectivity index (χ4v) is 1.79. The number of rotatable bonds is 4. The van der Waals surface area contributed by atoms with Gasteiger partial charge in [0.05, 0.1) is 6.10 Å². The standard InChI is InChI=1S/C11H14BrNO2/c1-8(15)6-13(2)11-5-10(12)4-3-9(11)7-14/h3-5,7-8,15H,6H2,1-2H3. The van der Waals surface area contributed by atoms with Gasteiger partial charge in [0.2, 0.25) is 0 Å². The van der Waals surface area contributed by atoms with Crippen molar-refractivity contribution in [2.75, 3.05) is 18.5 Å². The maximum atomic E-state index is 10.8. The van der Waals surface area contributed by atoms with Crippen LogP contribution >= 0.6 is 15.9 Å². The van der Waals surface area contributed by atoms with E-state index in [1.807, 2.05) is 24.1 Å². The normalized spacial score (nSPS) is 12.3. The van der Waals surface area contributed by atoms with E-state index in [-0.39, 0.29) is 0 Å². The number of aldehydes is 1. The molecule has 0 saturated carbocycles. The minimum atomic E-state index is -0.423. The van der Waals surface area contributed by atoms with Gasteiger partial charge in [0, 0.05) is 29.3 Å². The molecular weight excluding hydrogens is 258 g/mol. The maximum absolute atomic E-state index is 10.8. The molecule has 0 heterocycles. The Morgan fingerprint density at radius 3 is 2.80 bits per heavy atom. The largest absolute Gasteiger partial charge is 0.392 e. The second-order valence-electron chi connectivity index (χ2n) is 3.55. The second kappa shape index (κ2) is 5.28. The number of likely N-dealkylation sites (N-methyl/N-ethyl adjacent to an activating group) is 1. The molecule has 3 nitrogen and oxygen atoms in total. The zero-order valence-electron chi connectivity index (χ0n) is 8.77. The SMILES string of the molecule is CC(O)CN(C)c1cc(Br)ccc1C=O. The van der Waals surface area contributed by atoms with Gasteiger partial charge in [0.25, 0.3) is 0 Å². The number of aliphatic hydroxyl groups excluding tert-OH is 1. The quantitative estimate of drug-likeness (QED) is 0.853. The summed E-state index contributed by atoms with van der Waals surface area (Å²) in [4.78, 5) is 12.7. The highest BCUT2D eigenvalue weighted by Crippen LogP contribution is 2.23. The van der Waals surface area contributed by atoms with Gasteiger partial charge in [-0.15, -0.1) is 0 Å². The molecule has 0 aromatic heterocycles. The van der Waals surface area contributed by atoms with E-state index in [0.717, 1.165) is 16.4 Å². The lowest BCUT2D eigenvalue weighted by Gasteiger charge is -2.22. The summed E-state index contributed by atoms with van der Waals surface area (Å²) in [6.45, 7) is 2.21. The molecule has 0 radical (unpaired) electrons. The molecule has 1 N–H and O–H groups in total. The van der Waals surface area contributed by atoms with E-state index in [1.165, 1.54) is 0 Å². The van der Waals surface area contributed by atoms with Crippen LogP contribution in [-0.2, 0) is 0 Å². The van der Waals surface area contributed by atoms with Gasteiger partial charge in [-0.25, -0.2) is 0 Å². The van der Waals surface area contributed by atoms with Crippen LogP contribution in [-0.4, -0.2) is 31.1 Å². The summed E-state index contributed by atoms with van der Waals surface area (Å²) in [5.41, 5.74) is 1.45. The van der Waals surface area contributed by atoms with E-state index < -0.39 is 6.10 Å². The van der Waals surface area contributed by atoms with Crippen molar-refractivity contribution in [2.45, 2.75) is 13.0 Å². The number of carbonyl (C=O) groups is 1. The average molecular weight is 272 g/mol. The molecule has 1 aromatic carbocycles. The van der Waals surface area contributed by atoms with Crippen LogP contribution in [0.4, 0.5) is 5.69 Å². The highest BCUT2D eigenvalue weighted by Gasteiger charge is 2.09. The molecule has 0 amide bonds. The zero-order valence-corrected chi connectivity index (χ0v) is 10.4. The Morgan fingerprint density at radius 2 is 2.27 bits per heavy atom. The number of benzene rings is 1. The predicted molar refractivity (Wildman–Crippen MR) is 64.5 cm³/mol. The molecule has 0 aliphatic rings. The molecule has 0 aliphatic heterocycles. The molecule has 4 heteroatoms. The van der Waals surface area contributed by atoms with Gasteiger partial charge < -0.3 is 10.0 Å². The van der Waals surface area contributed by atoms with Gasteiger partial charge in [-0.2, -0.15) is 0 Å². The van der Waals surface area contributed by atoms with Crippen molar-refractivity contribution in [2.24, 2.45) is 0 Å². The Hall–Kier alpha value is -0.870. The Bertz CT molecular complexity index is 352. The van der Waals surface area contributed by atoms with Crippen LogP contribution in [0, 0.1) is 0 Å². The molecule has 15 heavy (non-hydrogen) atoms. The van der Waals surface area contributed by atoms with Gasteiger partial charge in [0.1, 0.15) is 0 Å². The topological polar surface area (TPSA) is 40.5 Å². The first-order chi connectivity index (χ1) is 7.04. The van der Waals surface area contributed by atoms with Crippen LogP contribution in [0.5, 0.6) is 0 Å².